The van der Waals surface area contributed by atoms with Gasteiger partial charge in [0.15, 0.2) is 0 Å². The van der Waals surface area contributed by atoms with Gasteiger partial charge in [0, 0.05) is 0 Å². The van der Waals surface area contributed by atoms with Crippen molar-refractivity contribution in [3.63, 3.8) is 0 Å². The summed E-state index contributed by atoms with van der Waals surface area (Å²) in [7, 11) is 5.61. The molecule has 0 bridgehead atoms. The smallest absolute Gasteiger partial charge is 0.0985 e. The molecule has 1 aliphatic rings. The molecule has 1 heteroatoms. The zero-order valence-corrected chi connectivity index (χ0v) is 5.43. The van der Waals surface area contributed by atoms with Gasteiger partial charge in [-0.05, 0) is 18.4 Å². The van der Waals surface area contributed by atoms with Crippen LogP contribution in [0.1, 0.15) is 12.8 Å². The van der Waals surface area contributed by atoms with Crippen LogP contribution in [-0.4, -0.2) is 7.85 Å². The van der Waals surface area contributed by atoms with E-state index in [0.29, 0.717) is 0 Å². The van der Waals surface area contributed by atoms with Crippen molar-refractivity contribution >= 4 is 7.85 Å². The summed E-state index contributed by atoms with van der Waals surface area (Å²) in [4.78, 5) is 0. The Bertz CT molecular complexity index is 175. The van der Waals surface area contributed by atoms with Crippen LogP contribution in [0.25, 0.3) is 0 Å². The topological polar surface area (TPSA) is 0 Å². The van der Waals surface area contributed by atoms with Crippen LogP contribution in [0.5, 0.6) is 0 Å². The molecule has 0 atom stereocenters. The SMILES string of the molecule is [B]C1=CCCC=C1C=C. The van der Waals surface area contributed by atoms with Crippen LogP contribution in [0.4, 0.5) is 0 Å². The van der Waals surface area contributed by atoms with Crippen LogP contribution in [-0.2, 0) is 0 Å². The molecule has 1 aliphatic carbocycles. The molecule has 0 nitrogen and oxygen atoms in total. The van der Waals surface area contributed by atoms with Crippen molar-refractivity contribution in [2.45, 2.75) is 12.8 Å². The minimum atomic E-state index is 0.872. The molecular formula is C8H9B. The summed E-state index contributed by atoms with van der Waals surface area (Å²) in [5.74, 6) is 0. The number of allylic oxidation sites excluding steroid dienone is 5. The van der Waals surface area contributed by atoms with Crippen LogP contribution in [0, 0.1) is 0 Å². The first-order valence-electron chi connectivity index (χ1n) is 3.13. The first-order valence-corrected chi connectivity index (χ1v) is 3.13. The molecule has 0 saturated heterocycles. The Morgan fingerprint density at radius 3 is 2.56 bits per heavy atom. The molecule has 0 aromatic carbocycles. The van der Waals surface area contributed by atoms with Gasteiger partial charge < -0.3 is 0 Å². The van der Waals surface area contributed by atoms with E-state index in [4.69, 9.17) is 7.85 Å². The lowest BCUT2D eigenvalue weighted by molar-refractivity contribution is 1.02. The monoisotopic (exact) mass is 116 g/mol. The van der Waals surface area contributed by atoms with E-state index in [1.54, 1.807) is 6.08 Å². The predicted octanol–water partition coefficient (Wildman–Crippen LogP) is 1.95. The predicted molar refractivity (Wildman–Crippen MR) is 41.4 cm³/mol. The van der Waals surface area contributed by atoms with E-state index in [1.807, 2.05) is 6.08 Å². The Labute approximate surface area is 57.4 Å². The average Bonchev–Trinajstić information content (AvgIpc) is 1.89. The second kappa shape index (κ2) is 2.72. The number of hydrogen-bond donors (Lipinski definition) is 0. The van der Waals surface area contributed by atoms with E-state index in [-0.39, 0.29) is 0 Å². The fraction of sp³-hybridized carbons (Fsp3) is 0.250. The third kappa shape index (κ3) is 1.35. The van der Waals surface area contributed by atoms with E-state index in [9.17, 15) is 0 Å². The molecule has 0 amide bonds. The molecule has 44 valence electrons. The van der Waals surface area contributed by atoms with Crippen molar-refractivity contribution in [3.8, 4) is 0 Å². The maximum Gasteiger partial charge on any atom is 0.114 e. The lowest BCUT2D eigenvalue weighted by Crippen LogP contribution is -1.90. The van der Waals surface area contributed by atoms with E-state index >= 15 is 0 Å². The van der Waals surface area contributed by atoms with Gasteiger partial charge in [0.25, 0.3) is 0 Å². The Balaban J connectivity index is 2.79. The van der Waals surface area contributed by atoms with E-state index in [0.717, 1.165) is 23.9 Å². The first kappa shape index (κ1) is 6.41. The minimum absolute atomic E-state index is 0.872. The molecule has 0 heterocycles. The van der Waals surface area contributed by atoms with Gasteiger partial charge in [-0.2, -0.15) is 0 Å². The Morgan fingerprint density at radius 1 is 1.44 bits per heavy atom. The molecule has 0 aromatic heterocycles. The molecule has 0 fully saturated rings. The average molecular weight is 116 g/mol. The van der Waals surface area contributed by atoms with Gasteiger partial charge in [-0.3, -0.25) is 0 Å². The number of hydrogen-bond acceptors (Lipinski definition) is 0. The highest BCUT2D eigenvalue weighted by atomic mass is 14.0. The zero-order valence-electron chi connectivity index (χ0n) is 5.43. The van der Waals surface area contributed by atoms with Gasteiger partial charge in [0.2, 0.25) is 0 Å². The van der Waals surface area contributed by atoms with Crippen molar-refractivity contribution < 1.29 is 0 Å². The van der Waals surface area contributed by atoms with Crippen molar-refractivity contribution in [1.29, 1.82) is 0 Å². The molecular weight excluding hydrogens is 107 g/mol. The largest absolute Gasteiger partial charge is 0.114 e. The summed E-state index contributed by atoms with van der Waals surface area (Å²) < 4.78 is 0. The highest BCUT2D eigenvalue weighted by molar-refractivity contribution is 6.24. The normalized spacial score (nSPS) is 18.2. The second-order valence-corrected chi connectivity index (χ2v) is 2.10. The fourth-order valence-electron chi connectivity index (χ4n) is 0.915. The molecule has 2 radical (unpaired) electrons. The standard InChI is InChI=1S/C8H9B/c1-2-7-5-3-4-6-8(7)9/h2,5-6H,1,3-4H2. The van der Waals surface area contributed by atoms with E-state index in [2.05, 4.69) is 12.7 Å². The van der Waals surface area contributed by atoms with Crippen LogP contribution < -0.4 is 0 Å². The van der Waals surface area contributed by atoms with Crippen LogP contribution in [0.3, 0.4) is 0 Å². The summed E-state index contributed by atoms with van der Waals surface area (Å²) >= 11 is 0. The summed E-state index contributed by atoms with van der Waals surface area (Å²) in [6.07, 6.45) is 8.12. The van der Waals surface area contributed by atoms with Crippen LogP contribution in [0.15, 0.2) is 35.9 Å². The van der Waals surface area contributed by atoms with Gasteiger partial charge in [-0.1, -0.05) is 30.3 Å². The Morgan fingerprint density at radius 2 is 2.11 bits per heavy atom. The zero-order chi connectivity index (χ0) is 6.69. The Hall–Kier alpha value is -0.715. The summed E-state index contributed by atoms with van der Waals surface area (Å²) in [5, 5.41) is 0. The van der Waals surface area contributed by atoms with Gasteiger partial charge in [-0.25, -0.2) is 0 Å². The lowest BCUT2D eigenvalue weighted by Gasteiger charge is -2.07. The quantitative estimate of drug-likeness (QED) is 0.459. The van der Waals surface area contributed by atoms with Gasteiger partial charge >= 0.3 is 0 Å². The summed E-state index contributed by atoms with van der Waals surface area (Å²) in [6.45, 7) is 3.65. The van der Waals surface area contributed by atoms with Gasteiger partial charge in [0.05, 0.1) is 0 Å². The van der Waals surface area contributed by atoms with E-state index in [1.165, 1.54) is 0 Å². The van der Waals surface area contributed by atoms with Crippen molar-refractivity contribution in [2.24, 2.45) is 0 Å². The molecule has 0 N–H and O–H groups in total. The molecule has 9 heavy (non-hydrogen) atoms. The maximum absolute atomic E-state index is 5.61. The molecule has 0 unspecified atom stereocenters. The molecule has 0 spiro atoms. The van der Waals surface area contributed by atoms with Gasteiger partial charge in [0.1, 0.15) is 7.85 Å². The third-order valence-electron chi connectivity index (χ3n) is 1.45. The number of rotatable bonds is 1. The molecule has 0 saturated carbocycles. The third-order valence-corrected chi connectivity index (χ3v) is 1.45. The Kier molecular flexibility index (Phi) is 1.94. The van der Waals surface area contributed by atoms with Crippen molar-refractivity contribution in [1.82, 2.24) is 0 Å². The maximum atomic E-state index is 5.61. The van der Waals surface area contributed by atoms with Crippen molar-refractivity contribution in [2.75, 3.05) is 0 Å². The first-order chi connectivity index (χ1) is 4.34. The molecule has 0 aromatic rings. The second-order valence-electron chi connectivity index (χ2n) is 2.10. The molecule has 0 aliphatic heterocycles. The highest BCUT2D eigenvalue weighted by Gasteiger charge is 1.97. The van der Waals surface area contributed by atoms with Crippen LogP contribution >= 0.6 is 0 Å². The highest BCUT2D eigenvalue weighted by Crippen LogP contribution is 2.15. The summed E-state index contributed by atoms with van der Waals surface area (Å²) in [5.41, 5.74) is 1.96. The molecule has 1 rings (SSSR count). The van der Waals surface area contributed by atoms with Gasteiger partial charge in [-0.15, -0.1) is 0 Å². The lowest BCUT2D eigenvalue weighted by atomic mass is 9.84. The van der Waals surface area contributed by atoms with Crippen LogP contribution in [0.2, 0.25) is 0 Å². The minimum Gasteiger partial charge on any atom is -0.0985 e. The summed E-state index contributed by atoms with van der Waals surface area (Å²) in [6, 6.07) is 0. The fourth-order valence-corrected chi connectivity index (χ4v) is 0.915. The van der Waals surface area contributed by atoms with E-state index < -0.39 is 0 Å². The van der Waals surface area contributed by atoms with Crippen molar-refractivity contribution in [3.05, 3.63) is 35.9 Å².